The molecule has 11 heteroatoms. The molecule has 3 rings (SSSR count). The number of benzene rings is 2. The van der Waals surface area contributed by atoms with E-state index in [1.54, 1.807) is 12.3 Å². The predicted molar refractivity (Wildman–Crippen MR) is 94.4 cm³/mol. The Morgan fingerprint density at radius 3 is 2.32 bits per heavy atom. The van der Waals surface area contributed by atoms with Gasteiger partial charge >= 0.3 is 0 Å². The van der Waals surface area contributed by atoms with E-state index in [1.165, 1.54) is 29.2 Å². The second-order valence-electron chi connectivity index (χ2n) is 5.69. The lowest BCUT2D eigenvalue weighted by Crippen LogP contribution is -2.23. The number of amides is 1. The van der Waals surface area contributed by atoms with Crippen LogP contribution in [0.3, 0.4) is 0 Å². The number of carbonyl (C=O) groups excluding carboxylic acids is 1. The van der Waals surface area contributed by atoms with Gasteiger partial charge in [-0.2, -0.15) is 0 Å². The lowest BCUT2D eigenvalue weighted by Gasteiger charge is -2.08. The number of aromatic nitrogens is 2. The van der Waals surface area contributed by atoms with Crippen LogP contribution in [0, 0.1) is 26.0 Å². The molecule has 142 valence electrons. The van der Waals surface area contributed by atoms with Crippen LogP contribution in [-0.2, 0) is 6.54 Å². The van der Waals surface area contributed by atoms with Gasteiger partial charge < -0.3 is 9.88 Å². The van der Waals surface area contributed by atoms with Gasteiger partial charge in [-0.15, -0.1) is 0 Å². The summed E-state index contributed by atoms with van der Waals surface area (Å²) in [5, 5.41) is 24.3. The van der Waals surface area contributed by atoms with E-state index in [-0.39, 0.29) is 17.8 Å². The molecule has 1 N–H and O–H groups in total. The number of imidazole rings is 1. The minimum absolute atomic E-state index is 0.0730. The molecule has 28 heavy (non-hydrogen) atoms. The maximum atomic E-state index is 14.2. The monoisotopic (exact) mass is 385 g/mol. The standard InChI is InChI=1S/C17H12FN5O5/c18-15-5-11(1-2-16(15)21-4-3-19-10-21)9-20-17(24)12-6-13(22(25)26)8-14(7-12)23(27)28/h1-8,10H,9H2,(H,20,24). The lowest BCUT2D eigenvalue weighted by atomic mass is 10.1. The second-order valence-corrected chi connectivity index (χ2v) is 5.69. The molecule has 0 aliphatic carbocycles. The summed E-state index contributed by atoms with van der Waals surface area (Å²) in [5.41, 5.74) is -0.668. The highest BCUT2D eigenvalue weighted by Gasteiger charge is 2.19. The zero-order chi connectivity index (χ0) is 20.3. The van der Waals surface area contributed by atoms with Crippen LogP contribution in [0.15, 0.2) is 55.1 Å². The van der Waals surface area contributed by atoms with E-state index < -0.39 is 32.9 Å². The van der Waals surface area contributed by atoms with Crippen molar-refractivity contribution >= 4 is 17.3 Å². The Balaban J connectivity index is 1.76. The van der Waals surface area contributed by atoms with Gasteiger partial charge in [-0.05, 0) is 17.7 Å². The molecule has 1 aromatic heterocycles. The summed E-state index contributed by atoms with van der Waals surface area (Å²) in [6.45, 7) is -0.0730. The van der Waals surface area contributed by atoms with Crippen LogP contribution in [0.4, 0.5) is 15.8 Å². The fourth-order valence-corrected chi connectivity index (χ4v) is 2.49. The third-order valence-corrected chi connectivity index (χ3v) is 3.83. The Bertz CT molecular complexity index is 1040. The smallest absolute Gasteiger partial charge is 0.277 e. The van der Waals surface area contributed by atoms with Gasteiger partial charge in [0.15, 0.2) is 0 Å². The average molecular weight is 385 g/mol. The van der Waals surface area contributed by atoms with Crippen LogP contribution in [0.25, 0.3) is 5.69 Å². The Morgan fingerprint density at radius 1 is 1.11 bits per heavy atom. The molecule has 0 radical (unpaired) electrons. The Morgan fingerprint density at radius 2 is 1.79 bits per heavy atom. The van der Waals surface area contributed by atoms with Crippen molar-refractivity contribution in [1.29, 1.82) is 0 Å². The van der Waals surface area contributed by atoms with Crippen LogP contribution in [-0.4, -0.2) is 25.3 Å². The number of hydrogen-bond donors (Lipinski definition) is 1. The Hall–Kier alpha value is -4.15. The summed E-state index contributed by atoms with van der Waals surface area (Å²) >= 11 is 0. The van der Waals surface area contributed by atoms with Gasteiger partial charge in [0.1, 0.15) is 5.82 Å². The van der Waals surface area contributed by atoms with Gasteiger partial charge in [-0.1, -0.05) is 6.07 Å². The molecular formula is C17H12FN5O5. The van der Waals surface area contributed by atoms with E-state index in [2.05, 4.69) is 10.3 Å². The van der Waals surface area contributed by atoms with E-state index in [4.69, 9.17) is 0 Å². The van der Waals surface area contributed by atoms with E-state index in [1.807, 2.05) is 0 Å². The van der Waals surface area contributed by atoms with Gasteiger partial charge in [0, 0.05) is 31.1 Å². The molecule has 10 nitrogen and oxygen atoms in total. The number of nitrogens with one attached hydrogen (secondary N) is 1. The van der Waals surface area contributed by atoms with E-state index in [9.17, 15) is 29.4 Å². The highest BCUT2D eigenvalue weighted by Crippen LogP contribution is 2.23. The largest absolute Gasteiger partial charge is 0.348 e. The molecule has 0 aliphatic rings. The normalized spacial score (nSPS) is 10.5. The lowest BCUT2D eigenvalue weighted by molar-refractivity contribution is -0.394. The summed E-state index contributed by atoms with van der Waals surface area (Å²) in [7, 11) is 0. The van der Waals surface area contributed by atoms with Crippen molar-refractivity contribution in [2.75, 3.05) is 0 Å². The van der Waals surface area contributed by atoms with Crippen molar-refractivity contribution < 1.29 is 19.0 Å². The maximum absolute atomic E-state index is 14.2. The van der Waals surface area contributed by atoms with E-state index >= 15 is 0 Å². The minimum Gasteiger partial charge on any atom is -0.348 e. The number of halogens is 1. The van der Waals surface area contributed by atoms with Crippen molar-refractivity contribution in [2.24, 2.45) is 0 Å². The third-order valence-electron chi connectivity index (χ3n) is 3.83. The summed E-state index contributed by atoms with van der Waals surface area (Å²) in [6.07, 6.45) is 4.52. The van der Waals surface area contributed by atoms with Gasteiger partial charge in [0.05, 0.1) is 33.5 Å². The quantitative estimate of drug-likeness (QED) is 0.512. The number of nitrogens with zero attached hydrogens (tertiary/aromatic N) is 4. The number of non-ortho nitro benzene ring substituents is 2. The zero-order valence-corrected chi connectivity index (χ0v) is 14.1. The Labute approximate surface area is 156 Å². The maximum Gasteiger partial charge on any atom is 0.277 e. The molecule has 0 unspecified atom stereocenters. The van der Waals surface area contributed by atoms with E-state index in [0.717, 1.165) is 18.2 Å². The number of rotatable bonds is 6. The molecule has 0 fully saturated rings. The fourth-order valence-electron chi connectivity index (χ4n) is 2.49. The van der Waals surface area contributed by atoms with E-state index in [0.29, 0.717) is 5.56 Å². The van der Waals surface area contributed by atoms with Gasteiger partial charge in [0.2, 0.25) is 0 Å². The van der Waals surface area contributed by atoms with Crippen LogP contribution >= 0.6 is 0 Å². The van der Waals surface area contributed by atoms with Crippen molar-refractivity contribution in [1.82, 2.24) is 14.9 Å². The zero-order valence-electron chi connectivity index (χ0n) is 14.1. The van der Waals surface area contributed by atoms with Crippen LogP contribution in [0.2, 0.25) is 0 Å². The summed E-state index contributed by atoms with van der Waals surface area (Å²) in [4.78, 5) is 36.2. The molecule has 1 amide bonds. The first-order valence-corrected chi connectivity index (χ1v) is 7.84. The fraction of sp³-hybridized carbons (Fsp3) is 0.0588. The molecule has 0 saturated carbocycles. The topological polar surface area (TPSA) is 133 Å². The van der Waals surface area contributed by atoms with Crippen LogP contribution in [0.1, 0.15) is 15.9 Å². The number of hydrogen-bond acceptors (Lipinski definition) is 6. The SMILES string of the molecule is O=C(NCc1ccc(-n2ccnc2)c(F)c1)c1cc([N+](=O)[O-])cc([N+](=O)[O-])c1. The predicted octanol–water partition coefficient (Wildman–Crippen LogP) is 2.76. The molecule has 0 saturated heterocycles. The highest BCUT2D eigenvalue weighted by atomic mass is 19.1. The van der Waals surface area contributed by atoms with Crippen LogP contribution in [0.5, 0.6) is 0 Å². The minimum atomic E-state index is -0.825. The molecule has 1 heterocycles. The molecule has 3 aromatic rings. The van der Waals surface area contributed by atoms with Gasteiger partial charge in [-0.3, -0.25) is 25.0 Å². The molecule has 0 bridgehead atoms. The Kier molecular flexibility index (Phi) is 5.07. The van der Waals surface area contributed by atoms with Crippen molar-refractivity contribution in [3.05, 3.63) is 92.3 Å². The number of nitro groups is 2. The summed E-state index contributed by atoms with van der Waals surface area (Å²) in [6, 6.07) is 6.97. The van der Waals surface area contributed by atoms with Crippen molar-refractivity contribution in [2.45, 2.75) is 6.54 Å². The highest BCUT2D eigenvalue weighted by molar-refractivity contribution is 5.95. The number of nitro benzene ring substituents is 2. The molecule has 0 spiro atoms. The number of carbonyl (C=O) groups is 1. The van der Waals surface area contributed by atoms with Crippen molar-refractivity contribution in [3.63, 3.8) is 0 Å². The third kappa shape index (κ3) is 3.98. The molecular weight excluding hydrogens is 373 g/mol. The second kappa shape index (κ2) is 7.61. The average Bonchev–Trinajstić information content (AvgIpc) is 3.20. The first-order chi connectivity index (χ1) is 13.3. The summed E-state index contributed by atoms with van der Waals surface area (Å²) < 4.78 is 15.7. The molecule has 0 atom stereocenters. The van der Waals surface area contributed by atoms with Gasteiger partial charge in [0.25, 0.3) is 17.3 Å². The first-order valence-electron chi connectivity index (χ1n) is 7.84. The molecule has 0 aliphatic heterocycles. The van der Waals surface area contributed by atoms with Gasteiger partial charge in [-0.25, -0.2) is 9.37 Å². The van der Waals surface area contributed by atoms with Crippen LogP contribution < -0.4 is 5.32 Å². The first kappa shape index (κ1) is 18.6. The molecule has 2 aromatic carbocycles. The summed E-state index contributed by atoms with van der Waals surface area (Å²) in [5.74, 6) is -1.29. The van der Waals surface area contributed by atoms with Crippen molar-refractivity contribution in [3.8, 4) is 5.69 Å².